The molecule has 1 unspecified atom stereocenters. The van der Waals surface area contributed by atoms with E-state index in [1.54, 1.807) is 24.2 Å². The Morgan fingerprint density at radius 3 is 2.57 bits per heavy atom. The van der Waals surface area contributed by atoms with E-state index in [1.165, 1.54) is 24.8 Å². The fourth-order valence-corrected chi connectivity index (χ4v) is 4.94. The van der Waals surface area contributed by atoms with Crippen molar-refractivity contribution in [1.29, 1.82) is 0 Å². The average molecular weight is 497 g/mol. The predicted molar refractivity (Wildman–Crippen MR) is 143 cm³/mol. The molecule has 1 fully saturated rings. The third-order valence-electron chi connectivity index (χ3n) is 6.94. The fourth-order valence-electron chi connectivity index (χ4n) is 4.94. The van der Waals surface area contributed by atoms with E-state index in [0.717, 1.165) is 30.1 Å². The summed E-state index contributed by atoms with van der Waals surface area (Å²) >= 11 is 0. The summed E-state index contributed by atoms with van der Waals surface area (Å²) in [5.41, 5.74) is 4.00. The largest absolute Gasteiger partial charge is 0.496 e. The molecule has 3 heterocycles. The molecule has 1 amide bonds. The summed E-state index contributed by atoms with van der Waals surface area (Å²) in [5, 5.41) is 7.61. The van der Waals surface area contributed by atoms with Gasteiger partial charge in [-0.05, 0) is 56.6 Å². The molecule has 0 bridgehead atoms. The Bertz CT molecular complexity index is 1350. The maximum atomic E-state index is 13.3. The zero-order valence-electron chi connectivity index (χ0n) is 21.3. The Labute approximate surface area is 217 Å². The van der Waals surface area contributed by atoms with Gasteiger partial charge in [-0.15, -0.1) is 0 Å². The van der Waals surface area contributed by atoms with Crippen LogP contribution in [-0.2, 0) is 0 Å². The number of aromatic nitrogens is 4. The van der Waals surface area contributed by atoms with Crippen LogP contribution in [0.5, 0.6) is 5.75 Å². The number of carbonyl (C=O) groups excluding carboxylic acids is 1. The van der Waals surface area contributed by atoms with E-state index >= 15 is 0 Å². The van der Waals surface area contributed by atoms with Gasteiger partial charge in [0.05, 0.1) is 36.3 Å². The average Bonchev–Trinajstić information content (AvgIpc) is 3.35. The van der Waals surface area contributed by atoms with Crippen LogP contribution in [0.25, 0.3) is 17.2 Å². The second kappa shape index (κ2) is 11.3. The van der Waals surface area contributed by atoms with Crippen LogP contribution in [0, 0.1) is 6.92 Å². The maximum absolute atomic E-state index is 13.3. The molecule has 4 aromatic rings. The van der Waals surface area contributed by atoms with E-state index in [9.17, 15) is 4.79 Å². The molecular formula is C29H32N6O2. The van der Waals surface area contributed by atoms with Crippen LogP contribution in [0.4, 0.5) is 0 Å². The fraction of sp³-hybridized carbons (Fsp3) is 0.310. The van der Waals surface area contributed by atoms with Gasteiger partial charge in [0.15, 0.2) is 0 Å². The van der Waals surface area contributed by atoms with Crippen molar-refractivity contribution in [1.82, 2.24) is 30.0 Å². The van der Waals surface area contributed by atoms with Crippen molar-refractivity contribution in [2.75, 3.05) is 26.7 Å². The quantitative estimate of drug-likeness (QED) is 0.384. The van der Waals surface area contributed by atoms with Crippen molar-refractivity contribution >= 4 is 5.91 Å². The lowest BCUT2D eigenvalue weighted by Crippen LogP contribution is -2.40. The molecule has 0 aliphatic carbocycles. The molecule has 1 N–H and O–H groups in total. The van der Waals surface area contributed by atoms with Crippen molar-refractivity contribution in [3.8, 4) is 23.0 Å². The van der Waals surface area contributed by atoms with Crippen LogP contribution < -0.4 is 10.1 Å². The number of benzene rings is 2. The van der Waals surface area contributed by atoms with Crippen molar-refractivity contribution in [3.05, 3.63) is 89.9 Å². The van der Waals surface area contributed by atoms with Gasteiger partial charge in [-0.1, -0.05) is 48.9 Å². The lowest BCUT2D eigenvalue weighted by molar-refractivity contribution is 0.0924. The molecule has 8 heteroatoms. The number of ether oxygens (including phenoxy) is 1. The lowest BCUT2D eigenvalue weighted by Gasteiger charge is -2.35. The number of para-hydroxylation sites is 1. The molecule has 1 atom stereocenters. The highest BCUT2D eigenvalue weighted by atomic mass is 16.5. The van der Waals surface area contributed by atoms with Crippen molar-refractivity contribution < 1.29 is 9.53 Å². The highest BCUT2D eigenvalue weighted by molar-refractivity contribution is 5.95. The monoisotopic (exact) mass is 496 g/mol. The minimum Gasteiger partial charge on any atom is -0.496 e. The maximum Gasteiger partial charge on any atom is 0.254 e. The molecule has 1 aliphatic heterocycles. The van der Waals surface area contributed by atoms with E-state index in [4.69, 9.17) is 9.72 Å². The number of nitrogens with one attached hydrogen (secondary N) is 1. The molecule has 1 saturated heterocycles. The first-order valence-corrected chi connectivity index (χ1v) is 12.7. The topological polar surface area (TPSA) is 85.2 Å². The third-order valence-corrected chi connectivity index (χ3v) is 6.94. The lowest BCUT2D eigenvalue weighted by atomic mass is 10.0. The second-order valence-corrected chi connectivity index (χ2v) is 9.23. The van der Waals surface area contributed by atoms with Crippen molar-refractivity contribution in [3.63, 3.8) is 0 Å². The number of nitrogens with zero attached hydrogens (tertiary/aromatic N) is 5. The van der Waals surface area contributed by atoms with E-state index < -0.39 is 0 Å². The van der Waals surface area contributed by atoms with E-state index in [2.05, 4.69) is 44.6 Å². The Morgan fingerprint density at radius 2 is 1.78 bits per heavy atom. The molecule has 8 nitrogen and oxygen atoms in total. The summed E-state index contributed by atoms with van der Waals surface area (Å²) < 4.78 is 7.09. The molecule has 0 spiro atoms. The van der Waals surface area contributed by atoms with E-state index in [-0.39, 0.29) is 11.9 Å². The Balaban J connectivity index is 1.35. The highest BCUT2D eigenvalue weighted by Crippen LogP contribution is 2.28. The standard InChI is InChI=1S/C29H32N6O2/c1-21-24(28(36)31-20-26(22-11-5-3-6-12-22)34-17-9-4-10-18-34)19-32-35(21)29-30-16-15-25(33-29)23-13-7-8-14-27(23)37-2/h3,5-8,11-16,19,26H,4,9-10,17-18,20H2,1-2H3,(H,31,36). The number of rotatable bonds is 8. The summed E-state index contributed by atoms with van der Waals surface area (Å²) in [7, 11) is 1.64. The summed E-state index contributed by atoms with van der Waals surface area (Å²) in [5.74, 6) is 0.976. The molecule has 1 aliphatic rings. The van der Waals surface area contributed by atoms with Gasteiger partial charge < -0.3 is 10.1 Å². The number of methoxy groups -OCH3 is 1. The van der Waals surface area contributed by atoms with Crippen LogP contribution >= 0.6 is 0 Å². The van der Waals surface area contributed by atoms with Gasteiger partial charge in [-0.3, -0.25) is 9.69 Å². The van der Waals surface area contributed by atoms with Crippen LogP contribution in [0.15, 0.2) is 73.1 Å². The molecule has 2 aromatic carbocycles. The second-order valence-electron chi connectivity index (χ2n) is 9.23. The predicted octanol–water partition coefficient (Wildman–Crippen LogP) is 4.60. The number of amides is 1. The first kappa shape index (κ1) is 24.6. The van der Waals surface area contributed by atoms with Gasteiger partial charge in [-0.2, -0.15) is 5.10 Å². The van der Waals surface area contributed by atoms with Gasteiger partial charge in [0.1, 0.15) is 5.75 Å². The zero-order valence-corrected chi connectivity index (χ0v) is 21.3. The SMILES string of the molecule is COc1ccccc1-c1ccnc(-n2ncc(C(=O)NCC(c3ccccc3)N3CCCCC3)c2C)n1. The molecule has 0 radical (unpaired) electrons. The minimum atomic E-state index is -0.150. The van der Waals surface area contributed by atoms with Crippen LogP contribution in [0.3, 0.4) is 0 Å². The summed E-state index contributed by atoms with van der Waals surface area (Å²) in [6, 6.07) is 20.1. The number of carbonyl (C=O) groups is 1. The highest BCUT2D eigenvalue weighted by Gasteiger charge is 2.24. The molecule has 0 saturated carbocycles. The smallest absolute Gasteiger partial charge is 0.254 e. The van der Waals surface area contributed by atoms with Crippen LogP contribution in [0.1, 0.15) is 46.9 Å². The summed E-state index contributed by atoms with van der Waals surface area (Å²) in [4.78, 5) is 24.8. The third kappa shape index (κ3) is 5.39. The number of hydrogen-bond acceptors (Lipinski definition) is 6. The van der Waals surface area contributed by atoms with Crippen LogP contribution in [-0.4, -0.2) is 57.3 Å². The van der Waals surface area contributed by atoms with Gasteiger partial charge in [0.2, 0.25) is 0 Å². The molecule has 190 valence electrons. The number of hydrogen-bond donors (Lipinski definition) is 1. The Hall–Kier alpha value is -4.04. The van der Waals surface area contributed by atoms with E-state index in [0.29, 0.717) is 23.8 Å². The van der Waals surface area contributed by atoms with Gasteiger partial charge in [-0.25, -0.2) is 14.6 Å². The van der Waals surface area contributed by atoms with Gasteiger partial charge >= 0.3 is 0 Å². The Kier molecular flexibility index (Phi) is 7.56. The first-order chi connectivity index (χ1) is 18.2. The van der Waals surface area contributed by atoms with Crippen molar-refractivity contribution in [2.24, 2.45) is 0 Å². The number of piperidine rings is 1. The van der Waals surface area contributed by atoms with Gasteiger partial charge in [0.25, 0.3) is 11.9 Å². The van der Waals surface area contributed by atoms with Gasteiger partial charge in [0, 0.05) is 18.3 Å². The van der Waals surface area contributed by atoms with Crippen molar-refractivity contribution in [2.45, 2.75) is 32.2 Å². The molecular weight excluding hydrogens is 464 g/mol. The van der Waals surface area contributed by atoms with E-state index in [1.807, 2.05) is 43.3 Å². The zero-order chi connectivity index (χ0) is 25.6. The minimum absolute atomic E-state index is 0.140. The molecule has 5 rings (SSSR count). The Morgan fingerprint density at radius 1 is 1.03 bits per heavy atom. The normalized spacial score (nSPS) is 14.8. The van der Waals surface area contributed by atoms with Crippen LogP contribution in [0.2, 0.25) is 0 Å². The summed E-state index contributed by atoms with van der Waals surface area (Å²) in [6.07, 6.45) is 6.92. The first-order valence-electron chi connectivity index (χ1n) is 12.7. The summed E-state index contributed by atoms with van der Waals surface area (Å²) in [6.45, 7) is 4.49. The number of likely N-dealkylation sites (tertiary alicyclic amines) is 1. The molecule has 2 aromatic heterocycles. The molecule has 37 heavy (non-hydrogen) atoms.